The number of nitrogens with zero attached hydrogens (tertiary/aromatic N) is 1. The molecule has 0 heterocycles. The van der Waals surface area contributed by atoms with E-state index in [9.17, 15) is 21.6 Å². The molecule has 0 aliphatic rings. The van der Waals surface area contributed by atoms with E-state index in [1.54, 1.807) is 48.5 Å². The Balaban J connectivity index is 1.86. The molecule has 0 spiro atoms. The van der Waals surface area contributed by atoms with E-state index in [0.717, 1.165) is 10.6 Å². The maximum absolute atomic E-state index is 12.9. The van der Waals surface area contributed by atoms with Gasteiger partial charge in [0.25, 0.3) is 15.9 Å². The summed E-state index contributed by atoms with van der Waals surface area (Å²) in [5, 5.41) is 2.68. The van der Waals surface area contributed by atoms with Crippen molar-refractivity contribution in [3.05, 3.63) is 84.4 Å². The Hall–Kier alpha value is -3.37. The zero-order chi connectivity index (χ0) is 22.6. The molecule has 162 valence electrons. The maximum atomic E-state index is 12.9. The van der Waals surface area contributed by atoms with Crippen molar-refractivity contribution in [1.82, 2.24) is 0 Å². The summed E-state index contributed by atoms with van der Waals surface area (Å²) in [7, 11) is -5.94. The lowest BCUT2D eigenvalue weighted by Crippen LogP contribution is -2.25. The fourth-order valence-corrected chi connectivity index (χ4v) is 4.34. The predicted octanol–water partition coefficient (Wildman–Crippen LogP) is 3.14. The Morgan fingerprint density at radius 2 is 1.48 bits per heavy atom. The van der Waals surface area contributed by atoms with Gasteiger partial charge in [-0.05, 0) is 42.5 Å². The highest BCUT2D eigenvalue weighted by Crippen LogP contribution is 2.24. The molecule has 1 amide bonds. The Labute approximate surface area is 181 Å². The number of rotatable bonds is 7. The fraction of sp³-hybridized carbons (Fsp3) is 0.0952. The molecule has 0 aliphatic carbocycles. The molecule has 31 heavy (non-hydrogen) atoms. The predicted molar refractivity (Wildman–Crippen MR) is 121 cm³/mol. The average Bonchev–Trinajstić information content (AvgIpc) is 2.73. The zero-order valence-electron chi connectivity index (χ0n) is 16.8. The van der Waals surface area contributed by atoms with Gasteiger partial charge in [-0.15, -0.1) is 0 Å². The normalized spacial score (nSPS) is 11.5. The summed E-state index contributed by atoms with van der Waals surface area (Å²) in [4.78, 5) is 12.9. The molecule has 10 heteroatoms. The summed E-state index contributed by atoms with van der Waals surface area (Å²) in [6.07, 6.45) is 1.08. The van der Waals surface area contributed by atoms with Gasteiger partial charge in [0.05, 0.1) is 28.1 Å². The maximum Gasteiger partial charge on any atom is 0.261 e. The molecule has 0 bridgehead atoms. The summed E-state index contributed by atoms with van der Waals surface area (Å²) in [6, 6.07) is 20.3. The minimum absolute atomic E-state index is 0.0710. The van der Waals surface area contributed by atoms with Crippen LogP contribution in [0.1, 0.15) is 10.4 Å². The van der Waals surface area contributed by atoms with Crippen molar-refractivity contribution < 1.29 is 21.6 Å². The minimum atomic E-state index is -3.88. The Bertz CT molecular complexity index is 1310. The number of nitrogens with one attached hydrogen (secondary N) is 2. The smallest absolute Gasteiger partial charge is 0.261 e. The van der Waals surface area contributed by atoms with Crippen LogP contribution >= 0.6 is 0 Å². The van der Waals surface area contributed by atoms with E-state index in [2.05, 4.69) is 10.0 Å². The molecule has 3 rings (SSSR count). The second-order valence-electron chi connectivity index (χ2n) is 6.70. The Kier molecular flexibility index (Phi) is 6.32. The molecule has 2 N–H and O–H groups in total. The molecule has 3 aromatic carbocycles. The van der Waals surface area contributed by atoms with Gasteiger partial charge in [0.2, 0.25) is 10.0 Å². The van der Waals surface area contributed by atoms with Gasteiger partial charge >= 0.3 is 0 Å². The molecular weight excluding hydrogens is 438 g/mol. The van der Waals surface area contributed by atoms with E-state index in [4.69, 9.17) is 0 Å². The summed E-state index contributed by atoms with van der Waals surface area (Å²) in [5.74, 6) is -0.550. The van der Waals surface area contributed by atoms with E-state index < -0.39 is 26.0 Å². The first kappa shape index (κ1) is 22.3. The summed E-state index contributed by atoms with van der Waals surface area (Å²) in [5.41, 5.74) is 0.967. The van der Waals surface area contributed by atoms with E-state index in [1.807, 2.05) is 0 Å². The third-order valence-electron chi connectivity index (χ3n) is 4.43. The topological polar surface area (TPSA) is 113 Å². The van der Waals surface area contributed by atoms with Crippen molar-refractivity contribution in [1.29, 1.82) is 0 Å². The van der Waals surface area contributed by atoms with Crippen LogP contribution in [-0.4, -0.2) is 36.0 Å². The number of anilines is 3. The Morgan fingerprint density at radius 1 is 0.839 bits per heavy atom. The number of sulfonamides is 2. The summed E-state index contributed by atoms with van der Waals surface area (Å²) in [6.45, 7) is 0. The summed E-state index contributed by atoms with van der Waals surface area (Å²) < 4.78 is 52.3. The first-order valence-electron chi connectivity index (χ1n) is 9.10. The number of carbonyl (C=O) groups is 1. The first-order valence-corrected chi connectivity index (χ1v) is 12.4. The molecule has 0 aliphatic heterocycles. The van der Waals surface area contributed by atoms with Gasteiger partial charge in [-0.25, -0.2) is 16.8 Å². The number of para-hydroxylation sites is 1. The van der Waals surface area contributed by atoms with Crippen LogP contribution < -0.4 is 14.3 Å². The molecule has 0 unspecified atom stereocenters. The highest BCUT2D eigenvalue weighted by Gasteiger charge is 2.19. The number of hydrogen-bond acceptors (Lipinski definition) is 5. The molecule has 0 radical (unpaired) electrons. The molecule has 3 aromatic rings. The van der Waals surface area contributed by atoms with E-state index in [1.165, 1.54) is 37.4 Å². The van der Waals surface area contributed by atoms with Crippen LogP contribution in [-0.2, 0) is 20.0 Å². The van der Waals surface area contributed by atoms with Crippen molar-refractivity contribution in [2.24, 2.45) is 0 Å². The SMILES string of the molecule is CN(c1cccc(NC(=O)c2ccccc2NS(=O)(=O)c2ccccc2)c1)S(C)(=O)=O. The first-order chi connectivity index (χ1) is 14.6. The van der Waals surface area contributed by atoms with Gasteiger partial charge in [-0.1, -0.05) is 36.4 Å². The monoisotopic (exact) mass is 459 g/mol. The second-order valence-corrected chi connectivity index (χ2v) is 10.4. The molecule has 0 saturated carbocycles. The molecule has 0 saturated heterocycles. The van der Waals surface area contributed by atoms with Crippen molar-refractivity contribution in [3.63, 3.8) is 0 Å². The zero-order valence-corrected chi connectivity index (χ0v) is 18.4. The minimum Gasteiger partial charge on any atom is -0.322 e. The van der Waals surface area contributed by atoms with Crippen LogP contribution in [0.5, 0.6) is 0 Å². The van der Waals surface area contributed by atoms with Crippen LogP contribution in [0.4, 0.5) is 17.1 Å². The van der Waals surface area contributed by atoms with Crippen molar-refractivity contribution in [3.8, 4) is 0 Å². The number of amides is 1. The standard InChI is InChI=1S/C21H21N3O5S2/c1-24(30(2,26)27)17-10-8-9-16(15-17)22-21(25)19-13-6-7-14-20(19)23-31(28,29)18-11-4-3-5-12-18/h3-15,23H,1-2H3,(H,22,25). The summed E-state index contributed by atoms with van der Waals surface area (Å²) >= 11 is 0. The van der Waals surface area contributed by atoms with E-state index in [-0.39, 0.29) is 16.1 Å². The van der Waals surface area contributed by atoms with Gasteiger partial charge in [-0.2, -0.15) is 0 Å². The number of hydrogen-bond donors (Lipinski definition) is 2. The van der Waals surface area contributed by atoms with Crippen LogP contribution in [0.25, 0.3) is 0 Å². The van der Waals surface area contributed by atoms with E-state index in [0.29, 0.717) is 11.4 Å². The fourth-order valence-electron chi connectivity index (χ4n) is 2.74. The number of carbonyl (C=O) groups excluding carboxylic acids is 1. The van der Waals surface area contributed by atoms with Gasteiger partial charge in [0.15, 0.2) is 0 Å². The van der Waals surface area contributed by atoms with Crippen LogP contribution in [0, 0.1) is 0 Å². The lowest BCUT2D eigenvalue weighted by molar-refractivity contribution is 0.102. The van der Waals surface area contributed by atoms with Gasteiger partial charge in [0, 0.05) is 12.7 Å². The second kappa shape index (κ2) is 8.78. The third kappa shape index (κ3) is 5.41. The average molecular weight is 460 g/mol. The van der Waals surface area contributed by atoms with Crippen LogP contribution in [0.15, 0.2) is 83.8 Å². The van der Waals surface area contributed by atoms with Crippen molar-refractivity contribution in [2.45, 2.75) is 4.90 Å². The quantitative estimate of drug-likeness (QED) is 0.564. The van der Waals surface area contributed by atoms with Gasteiger partial charge < -0.3 is 5.32 Å². The Morgan fingerprint density at radius 3 is 2.16 bits per heavy atom. The highest BCUT2D eigenvalue weighted by molar-refractivity contribution is 7.92. The van der Waals surface area contributed by atoms with Gasteiger partial charge in [-0.3, -0.25) is 13.8 Å². The van der Waals surface area contributed by atoms with Crippen LogP contribution in [0.3, 0.4) is 0 Å². The molecular formula is C21H21N3O5S2. The van der Waals surface area contributed by atoms with Gasteiger partial charge in [0.1, 0.15) is 0 Å². The lowest BCUT2D eigenvalue weighted by atomic mass is 10.1. The number of benzene rings is 3. The molecule has 8 nitrogen and oxygen atoms in total. The van der Waals surface area contributed by atoms with Crippen LogP contribution in [0.2, 0.25) is 0 Å². The third-order valence-corrected chi connectivity index (χ3v) is 7.02. The van der Waals surface area contributed by atoms with E-state index >= 15 is 0 Å². The highest BCUT2D eigenvalue weighted by atomic mass is 32.2. The molecule has 0 atom stereocenters. The largest absolute Gasteiger partial charge is 0.322 e. The lowest BCUT2D eigenvalue weighted by Gasteiger charge is -2.18. The molecule has 0 fully saturated rings. The van der Waals surface area contributed by atoms with Crippen molar-refractivity contribution in [2.75, 3.05) is 27.6 Å². The van der Waals surface area contributed by atoms with Crippen molar-refractivity contribution >= 4 is 43.0 Å². The molecule has 0 aromatic heterocycles.